The first kappa shape index (κ1) is 14.2. The van der Waals surface area contributed by atoms with E-state index in [0.717, 1.165) is 15.6 Å². The van der Waals surface area contributed by atoms with Crippen LogP contribution in [-0.2, 0) is 6.42 Å². The summed E-state index contributed by atoms with van der Waals surface area (Å²) >= 11 is 3.44. The molecule has 2 rings (SSSR count). The summed E-state index contributed by atoms with van der Waals surface area (Å²) in [6, 6.07) is 10.7. The first-order valence-corrected chi connectivity index (χ1v) is 7.04. The molecule has 0 saturated carbocycles. The molecule has 1 nitrogen and oxygen atoms in total. The van der Waals surface area contributed by atoms with E-state index in [1.165, 1.54) is 23.3 Å². The predicted octanol–water partition coefficient (Wildman–Crippen LogP) is 4.45. The minimum Gasteiger partial charge on any atom is -0.324 e. The molecule has 0 aliphatic carbocycles. The molecule has 0 fully saturated rings. The van der Waals surface area contributed by atoms with Gasteiger partial charge in [-0.05, 0) is 60.7 Å². The molecule has 0 aromatic heterocycles. The Labute approximate surface area is 121 Å². The monoisotopic (exact) mass is 321 g/mol. The normalized spacial score (nSPS) is 12.5. The van der Waals surface area contributed by atoms with Gasteiger partial charge in [0.05, 0.1) is 0 Å². The van der Waals surface area contributed by atoms with Gasteiger partial charge in [0, 0.05) is 10.5 Å². The molecule has 3 heteroatoms. The van der Waals surface area contributed by atoms with E-state index >= 15 is 0 Å². The standard InChI is InChI=1S/C16H17BrFN/c1-10-4-3-5-14(11(10)2)16(19)9-12-8-13(18)6-7-15(12)17/h3-8,16H,9,19H2,1-2H3. The van der Waals surface area contributed by atoms with Crippen LogP contribution in [0.25, 0.3) is 0 Å². The van der Waals surface area contributed by atoms with Crippen LogP contribution in [0, 0.1) is 19.7 Å². The van der Waals surface area contributed by atoms with Crippen molar-refractivity contribution < 1.29 is 4.39 Å². The van der Waals surface area contributed by atoms with Gasteiger partial charge in [0.2, 0.25) is 0 Å². The van der Waals surface area contributed by atoms with Crippen LogP contribution in [0.15, 0.2) is 40.9 Å². The van der Waals surface area contributed by atoms with Crippen LogP contribution < -0.4 is 5.73 Å². The maximum atomic E-state index is 13.3. The van der Waals surface area contributed by atoms with Gasteiger partial charge >= 0.3 is 0 Å². The van der Waals surface area contributed by atoms with E-state index in [2.05, 4.69) is 35.8 Å². The van der Waals surface area contributed by atoms with E-state index in [-0.39, 0.29) is 11.9 Å². The lowest BCUT2D eigenvalue weighted by Crippen LogP contribution is -2.15. The lowest BCUT2D eigenvalue weighted by atomic mass is 9.94. The van der Waals surface area contributed by atoms with Crippen molar-refractivity contribution in [3.63, 3.8) is 0 Å². The highest BCUT2D eigenvalue weighted by molar-refractivity contribution is 9.10. The summed E-state index contributed by atoms with van der Waals surface area (Å²) in [7, 11) is 0. The van der Waals surface area contributed by atoms with Crippen molar-refractivity contribution in [1.82, 2.24) is 0 Å². The second-order valence-electron chi connectivity index (χ2n) is 4.84. The van der Waals surface area contributed by atoms with E-state index in [9.17, 15) is 4.39 Å². The Kier molecular flexibility index (Phi) is 4.38. The van der Waals surface area contributed by atoms with Crippen LogP contribution in [-0.4, -0.2) is 0 Å². The fraction of sp³-hybridized carbons (Fsp3) is 0.250. The SMILES string of the molecule is Cc1cccc(C(N)Cc2cc(F)ccc2Br)c1C. The average Bonchev–Trinajstić information content (AvgIpc) is 2.37. The van der Waals surface area contributed by atoms with Crippen molar-refractivity contribution in [2.45, 2.75) is 26.3 Å². The zero-order valence-electron chi connectivity index (χ0n) is 11.1. The van der Waals surface area contributed by atoms with Crippen LogP contribution >= 0.6 is 15.9 Å². The van der Waals surface area contributed by atoms with Gasteiger partial charge in [-0.1, -0.05) is 34.1 Å². The number of halogens is 2. The molecule has 0 saturated heterocycles. The molecule has 1 atom stereocenters. The highest BCUT2D eigenvalue weighted by atomic mass is 79.9. The largest absolute Gasteiger partial charge is 0.324 e. The summed E-state index contributed by atoms with van der Waals surface area (Å²) in [5.41, 5.74) is 10.7. The molecule has 2 aromatic rings. The van der Waals surface area contributed by atoms with Crippen LogP contribution in [0.2, 0.25) is 0 Å². The summed E-state index contributed by atoms with van der Waals surface area (Å²) < 4.78 is 14.2. The molecule has 19 heavy (non-hydrogen) atoms. The van der Waals surface area contributed by atoms with Crippen molar-refractivity contribution in [2.75, 3.05) is 0 Å². The van der Waals surface area contributed by atoms with Crippen molar-refractivity contribution in [1.29, 1.82) is 0 Å². The second kappa shape index (κ2) is 5.85. The van der Waals surface area contributed by atoms with Gasteiger partial charge < -0.3 is 5.73 Å². The molecule has 2 aromatic carbocycles. The lowest BCUT2D eigenvalue weighted by molar-refractivity contribution is 0.621. The van der Waals surface area contributed by atoms with Crippen LogP contribution in [0.5, 0.6) is 0 Å². The Morgan fingerprint density at radius 3 is 2.68 bits per heavy atom. The summed E-state index contributed by atoms with van der Waals surface area (Å²) in [6.45, 7) is 4.15. The molecule has 2 N–H and O–H groups in total. The van der Waals surface area contributed by atoms with E-state index in [1.807, 2.05) is 12.1 Å². The third kappa shape index (κ3) is 3.23. The molecular weight excluding hydrogens is 305 g/mol. The summed E-state index contributed by atoms with van der Waals surface area (Å²) in [6.07, 6.45) is 0.614. The molecule has 0 amide bonds. The molecule has 0 aliphatic heterocycles. The number of benzene rings is 2. The van der Waals surface area contributed by atoms with E-state index < -0.39 is 0 Å². The van der Waals surface area contributed by atoms with Gasteiger partial charge in [-0.2, -0.15) is 0 Å². The Morgan fingerprint density at radius 2 is 1.95 bits per heavy atom. The topological polar surface area (TPSA) is 26.0 Å². The zero-order valence-corrected chi connectivity index (χ0v) is 12.7. The first-order chi connectivity index (χ1) is 8.99. The number of hydrogen-bond acceptors (Lipinski definition) is 1. The molecule has 0 bridgehead atoms. The van der Waals surface area contributed by atoms with E-state index in [1.54, 1.807) is 6.07 Å². The third-order valence-electron chi connectivity index (χ3n) is 3.49. The Bertz CT molecular complexity index is 595. The summed E-state index contributed by atoms with van der Waals surface area (Å²) in [5, 5.41) is 0. The highest BCUT2D eigenvalue weighted by Gasteiger charge is 2.13. The van der Waals surface area contributed by atoms with Gasteiger partial charge in [0.1, 0.15) is 5.82 Å². The minimum absolute atomic E-state index is 0.127. The Balaban J connectivity index is 2.28. The maximum absolute atomic E-state index is 13.3. The smallest absolute Gasteiger partial charge is 0.123 e. The zero-order chi connectivity index (χ0) is 14.0. The molecular formula is C16H17BrFN. The fourth-order valence-corrected chi connectivity index (χ4v) is 2.63. The molecule has 1 unspecified atom stereocenters. The Hall–Kier alpha value is -1.19. The maximum Gasteiger partial charge on any atom is 0.123 e. The van der Waals surface area contributed by atoms with E-state index in [0.29, 0.717) is 6.42 Å². The minimum atomic E-state index is -0.230. The number of rotatable bonds is 3. The molecule has 0 heterocycles. The van der Waals surface area contributed by atoms with Crippen LogP contribution in [0.4, 0.5) is 4.39 Å². The number of nitrogens with two attached hydrogens (primary N) is 1. The number of hydrogen-bond donors (Lipinski definition) is 1. The molecule has 0 radical (unpaired) electrons. The van der Waals surface area contributed by atoms with Crippen LogP contribution in [0.1, 0.15) is 28.3 Å². The lowest BCUT2D eigenvalue weighted by Gasteiger charge is -2.17. The second-order valence-corrected chi connectivity index (χ2v) is 5.69. The van der Waals surface area contributed by atoms with Crippen molar-refractivity contribution in [2.24, 2.45) is 5.73 Å². The quantitative estimate of drug-likeness (QED) is 0.888. The molecule has 0 spiro atoms. The van der Waals surface area contributed by atoms with Crippen molar-refractivity contribution in [3.8, 4) is 0 Å². The fourth-order valence-electron chi connectivity index (χ4n) is 2.22. The van der Waals surface area contributed by atoms with Gasteiger partial charge in [-0.15, -0.1) is 0 Å². The van der Waals surface area contributed by atoms with Gasteiger partial charge in [-0.25, -0.2) is 4.39 Å². The average molecular weight is 322 g/mol. The number of aryl methyl sites for hydroxylation is 1. The molecule has 100 valence electrons. The van der Waals surface area contributed by atoms with Gasteiger partial charge in [0.15, 0.2) is 0 Å². The molecule has 0 aliphatic rings. The third-order valence-corrected chi connectivity index (χ3v) is 4.27. The predicted molar refractivity (Wildman–Crippen MR) is 80.6 cm³/mol. The summed E-state index contributed by atoms with van der Waals surface area (Å²) in [4.78, 5) is 0. The summed E-state index contributed by atoms with van der Waals surface area (Å²) in [5.74, 6) is -0.230. The van der Waals surface area contributed by atoms with Crippen molar-refractivity contribution in [3.05, 3.63) is 68.9 Å². The van der Waals surface area contributed by atoms with Crippen molar-refractivity contribution >= 4 is 15.9 Å². The first-order valence-electron chi connectivity index (χ1n) is 6.24. The van der Waals surface area contributed by atoms with Gasteiger partial charge in [0.25, 0.3) is 0 Å². The van der Waals surface area contributed by atoms with Crippen LogP contribution in [0.3, 0.4) is 0 Å². The van der Waals surface area contributed by atoms with Gasteiger partial charge in [-0.3, -0.25) is 0 Å². The highest BCUT2D eigenvalue weighted by Crippen LogP contribution is 2.26. The Morgan fingerprint density at radius 1 is 1.21 bits per heavy atom. The van der Waals surface area contributed by atoms with E-state index in [4.69, 9.17) is 5.73 Å².